The van der Waals surface area contributed by atoms with E-state index in [-0.39, 0.29) is 29.1 Å². The number of carbonyl (C=O) groups excluding carboxylic acids is 1. The highest BCUT2D eigenvalue weighted by Gasteiger charge is 2.65. The van der Waals surface area contributed by atoms with E-state index in [2.05, 4.69) is 6.58 Å². The maximum atomic E-state index is 11.7. The van der Waals surface area contributed by atoms with Crippen molar-refractivity contribution >= 4 is 15.8 Å². The molecular weight excluding hydrogens is 232 g/mol. The van der Waals surface area contributed by atoms with Crippen LogP contribution in [-0.2, 0) is 24.1 Å². The molecule has 3 aliphatic rings. The minimum absolute atomic E-state index is 0.0773. The lowest BCUT2D eigenvalue weighted by molar-refractivity contribution is -0.146. The third-order valence-corrected chi connectivity index (χ3v) is 5.91. The fourth-order valence-corrected chi connectivity index (χ4v) is 5.36. The molecule has 0 spiro atoms. The number of ether oxygens (including phenoxy) is 2. The van der Waals surface area contributed by atoms with Crippen molar-refractivity contribution in [2.45, 2.75) is 30.0 Å². The summed E-state index contributed by atoms with van der Waals surface area (Å²) in [5.74, 6) is -0.617. The van der Waals surface area contributed by atoms with E-state index in [9.17, 15) is 13.2 Å². The monoisotopic (exact) mass is 244 g/mol. The van der Waals surface area contributed by atoms with Gasteiger partial charge in [-0.2, -0.15) is 0 Å². The number of carbonyl (C=O) groups is 1. The molecule has 16 heavy (non-hydrogen) atoms. The molecule has 0 aromatic rings. The molecule has 6 heteroatoms. The van der Waals surface area contributed by atoms with Gasteiger partial charge in [0.15, 0.2) is 9.84 Å². The molecule has 0 amide bonds. The largest absolute Gasteiger partial charge is 0.456 e. The molecule has 88 valence electrons. The topological polar surface area (TPSA) is 69.7 Å². The van der Waals surface area contributed by atoms with Gasteiger partial charge in [0, 0.05) is 12.0 Å². The lowest BCUT2D eigenvalue weighted by atomic mass is 9.88. The molecule has 3 fully saturated rings. The molecule has 3 saturated heterocycles. The molecule has 0 aromatic carbocycles. The highest BCUT2D eigenvalue weighted by atomic mass is 32.2. The van der Waals surface area contributed by atoms with Gasteiger partial charge in [0.1, 0.15) is 6.10 Å². The molecule has 0 aliphatic carbocycles. The van der Waals surface area contributed by atoms with Gasteiger partial charge in [-0.05, 0) is 6.42 Å². The maximum absolute atomic E-state index is 11.7. The molecule has 5 unspecified atom stereocenters. The first-order chi connectivity index (χ1) is 7.53. The lowest BCUT2D eigenvalue weighted by Gasteiger charge is -2.22. The summed E-state index contributed by atoms with van der Waals surface area (Å²) in [6.45, 7) is 3.32. The van der Waals surface area contributed by atoms with Crippen molar-refractivity contribution in [3.63, 3.8) is 0 Å². The third kappa shape index (κ3) is 1.20. The van der Waals surface area contributed by atoms with Crippen molar-refractivity contribution in [3.8, 4) is 0 Å². The second-order valence-corrected chi connectivity index (χ2v) is 6.78. The Morgan fingerprint density at radius 1 is 1.50 bits per heavy atom. The van der Waals surface area contributed by atoms with Gasteiger partial charge in [-0.15, -0.1) is 0 Å². The van der Waals surface area contributed by atoms with E-state index in [4.69, 9.17) is 9.47 Å². The van der Waals surface area contributed by atoms with Crippen LogP contribution < -0.4 is 0 Å². The first kappa shape index (κ1) is 10.3. The average molecular weight is 244 g/mol. The quantitative estimate of drug-likeness (QED) is 0.491. The molecule has 5 atom stereocenters. The standard InChI is InChI=1S/C10H12O5S/c1-2-8(11)15-9-5-4-16(12,13)7-3-6(9)14-10(5)7/h2,5-7,9-10H,1,3-4H2. The molecular formula is C10H12O5S. The molecule has 0 aromatic heterocycles. The number of hydrogen-bond acceptors (Lipinski definition) is 5. The van der Waals surface area contributed by atoms with Crippen LogP contribution in [0.15, 0.2) is 12.7 Å². The van der Waals surface area contributed by atoms with Crippen molar-refractivity contribution in [3.05, 3.63) is 12.7 Å². The average Bonchev–Trinajstić information content (AvgIpc) is 2.81. The van der Waals surface area contributed by atoms with Crippen LogP contribution in [0.3, 0.4) is 0 Å². The summed E-state index contributed by atoms with van der Waals surface area (Å²) in [5.41, 5.74) is 0. The number of rotatable bonds is 2. The summed E-state index contributed by atoms with van der Waals surface area (Å²) >= 11 is 0. The maximum Gasteiger partial charge on any atom is 0.330 e. The summed E-state index contributed by atoms with van der Waals surface area (Å²) in [4.78, 5) is 11.1. The predicted molar refractivity (Wildman–Crippen MR) is 54.4 cm³/mol. The zero-order chi connectivity index (χ0) is 11.5. The van der Waals surface area contributed by atoms with Crippen LogP contribution in [-0.4, -0.2) is 43.7 Å². The number of sulfone groups is 1. The zero-order valence-electron chi connectivity index (χ0n) is 8.53. The van der Waals surface area contributed by atoms with Crippen LogP contribution in [0, 0.1) is 5.92 Å². The Morgan fingerprint density at radius 2 is 2.25 bits per heavy atom. The summed E-state index contributed by atoms with van der Waals surface area (Å²) in [5, 5.41) is -0.374. The van der Waals surface area contributed by atoms with Gasteiger partial charge in [-0.25, -0.2) is 13.2 Å². The minimum Gasteiger partial charge on any atom is -0.456 e. The van der Waals surface area contributed by atoms with Crippen LogP contribution in [0.25, 0.3) is 0 Å². The Hall–Kier alpha value is -0.880. The molecule has 0 N–H and O–H groups in total. The van der Waals surface area contributed by atoms with Gasteiger partial charge < -0.3 is 9.47 Å². The third-order valence-electron chi connectivity index (χ3n) is 3.68. The van der Waals surface area contributed by atoms with E-state index in [1.165, 1.54) is 0 Å². The van der Waals surface area contributed by atoms with Crippen LogP contribution in [0.1, 0.15) is 6.42 Å². The van der Waals surface area contributed by atoms with Gasteiger partial charge in [-0.3, -0.25) is 0 Å². The van der Waals surface area contributed by atoms with Crippen LogP contribution in [0.4, 0.5) is 0 Å². The summed E-state index contributed by atoms with van der Waals surface area (Å²) in [6.07, 6.45) is 0.619. The summed E-state index contributed by atoms with van der Waals surface area (Å²) in [6, 6.07) is 0. The second kappa shape index (κ2) is 3.07. The van der Waals surface area contributed by atoms with Gasteiger partial charge >= 0.3 is 5.97 Å². The van der Waals surface area contributed by atoms with E-state index in [0.717, 1.165) is 6.08 Å². The molecule has 3 heterocycles. The molecule has 2 bridgehead atoms. The van der Waals surface area contributed by atoms with Gasteiger partial charge in [0.05, 0.1) is 23.2 Å². The van der Waals surface area contributed by atoms with Gasteiger partial charge in [0.25, 0.3) is 0 Å². The Morgan fingerprint density at radius 3 is 2.94 bits per heavy atom. The summed E-state index contributed by atoms with van der Waals surface area (Å²) in [7, 11) is -3.05. The Balaban J connectivity index is 1.86. The minimum atomic E-state index is -3.05. The SMILES string of the molecule is C=CC(=O)OC1C2CC3C(O2)C1CS3(=O)=O. The van der Waals surface area contributed by atoms with E-state index in [1.807, 2.05) is 0 Å². The van der Waals surface area contributed by atoms with E-state index < -0.39 is 21.9 Å². The fraction of sp³-hybridized carbons (Fsp3) is 0.700. The van der Waals surface area contributed by atoms with Crippen LogP contribution >= 0.6 is 0 Å². The molecule has 3 rings (SSSR count). The van der Waals surface area contributed by atoms with Crippen molar-refractivity contribution in [1.29, 1.82) is 0 Å². The van der Waals surface area contributed by atoms with Crippen molar-refractivity contribution in [2.75, 3.05) is 5.75 Å². The van der Waals surface area contributed by atoms with Crippen molar-refractivity contribution < 1.29 is 22.7 Å². The first-order valence-corrected chi connectivity index (χ1v) is 6.94. The highest BCUT2D eigenvalue weighted by molar-refractivity contribution is 7.92. The first-order valence-electron chi connectivity index (χ1n) is 5.23. The van der Waals surface area contributed by atoms with Gasteiger partial charge in [0.2, 0.25) is 0 Å². The van der Waals surface area contributed by atoms with Crippen LogP contribution in [0.2, 0.25) is 0 Å². The van der Waals surface area contributed by atoms with Crippen LogP contribution in [0.5, 0.6) is 0 Å². The zero-order valence-corrected chi connectivity index (χ0v) is 9.35. The Bertz CT molecular complexity index is 454. The van der Waals surface area contributed by atoms with Gasteiger partial charge in [-0.1, -0.05) is 6.58 Å². The smallest absolute Gasteiger partial charge is 0.330 e. The normalized spacial score (nSPS) is 46.9. The van der Waals surface area contributed by atoms with Crippen molar-refractivity contribution in [1.82, 2.24) is 0 Å². The molecule has 0 radical (unpaired) electrons. The van der Waals surface area contributed by atoms with E-state index >= 15 is 0 Å². The molecule has 0 saturated carbocycles. The van der Waals surface area contributed by atoms with E-state index in [1.54, 1.807) is 0 Å². The van der Waals surface area contributed by atoms with Crippen molar-refractivity contribution in [2.24, 2.45) is 5.92 Å². The predicted octanol–water partition coefficient (Wildman–Crippen LogP) is -0.332. The fourth-order valence-electron chi connectivity index (χ4n) is 3.04. The Labute approximate surface area is 93.3 Å². The number of hydrogen-bond donors (Lipinski definition) is 0. The molecule has 3 aliphatic heterocycles. The van der Waals surface area contributed by atoms with E-state index in [0.29, 0.717) is 6.42 Å². The summed E-state index contributed by atoms with van der Waals surface area (Å²) < 4.78 is 34.2. The highest BCUT2D eigenvalue weighted by Crippen LogP contribution is 2.49. The Kier molecular flexibility index (Phi) is 1.98. The second-order valence-electron chi connectivity index (χ2n) is 4.51. The lowest BCUT2D eigenvalue weighted by Crippen LogP contribution is -2.37. The number of fused-ring (bicyclic) bond motifs is 1. The molecule has 5 nitrogen and oxygen atoms in total. The number of esters is 1.